The van der Waals surface area contributed by atoms with E-state index in [0.717, 1.165) is 5.57 Å². The van der Waals surface area contributed by atoms with E-state index < -0.39 is 29.7 Å². The third-order valence-corrected chi connectivity index (χ3v) is 5.28. The first-order valence-corrected chi connectivity index (χ1v) is 7.71. The highest BCUT2D eigenvalue weighted by atomic mass is 19.4. The minimum atomic E-state index is -4.37. The molecular weight excluding hydrogens is 311 g/mol. The van der Waals surface area contributed by atoms with Gasteiger partial charge in [0.15, 0.2) is 11.6 Å². The van der Waals surface area contributed by atoms with E-state index in [0.29, 0.717) is 49.7 Å². The van der Waals surface area contributed by atoms with Crippen LogP contribution in [-0.4, -0.2) is 31.7 Å². The maximum Gasteiger partial charge on any atom is 0.392 e. The number of hydrogen-bond donors (Lipinski definition) is 1. The van der Waals surface area contributed by atoms with E-state index in [2.05, 4.69) is 15.5 Å². The maximum atomic E-state index is 13.1. The molecule has 0 aromatic rings. The van der Waals surface area contributed by atoms with Crippen molar-refractivity contribution < 1.29 is 22.7 Å². The third kappa shape index (κ3) is 2.14. The number of fused-ring (bicyclic) bond motifs is 2. The number of Topliss-reactive ketones (excluding diaryl/α,β-unsaturated/α-hetero) is 1. The second-order valence-electron chi connectivity index (χ2n) is 6.47. The van der Waals surface area contributed by atoms with Crippen LogP contribution in [-0.2, 0) is 9.53 Å². The standard InChI is InChI=1S/C15H16F3N3O2/c16-15(17,18)8-5-10-12(11(22)6-8)14(1-3-23-4-2-14)9-7-19-21-13(9)20-10/h8,20H,1-7H2/t8-/m1/s1. The van der Waals surface area contributed by atoms with E-state index in [1.165, 1.54) is 0 Å². The molecule has 0 bridgehead atoms. The second-order valence-corrected chi connectivity index (χ2v) is 6.47. The second kappa shape index (κ2) is 4.90. The molecule has 0 aromatic heterocycles. The average Bonchev–Trinajstić information content (AvgIpc) is 2.96. The largest absolute Gasteiger partial charge is 0.392 e. The summed E-state index contributed by atoms with van der Waals surface area (Å²) >= 11 is 0. The molecule has 23 heavy (non-hydrogen) atoms. The van der Waals surface area contributed by atoms with Gasteiger partial charge in [-0.25, -0.2) is 0 Å². The number of nitrogens with zero attached hydrogens (tertiary/aromatic N) is 2. The minimum Gasteiger partial charge on any atom is -0.381 e. The van der Waals surface area contributed by atoms with Gasteiger partial charge in [-0.3, -0.25) is 4.79 Å². The highest BCUT2D eigenvalue weighted by Gasteiger charge is 2.53. The molecule has 5 nitrogen and oxygen atoms in total. The van der Waals surface area contributed by atoms with Crippen LogP contribution in [0, 0.1) is 11.3 Å². The number of carbonyl (C=O) groups excluding carboxylic acids is 1. The first kappa shape index (κ1) is 14.9. The molecule has 0 amide bonds. The van der Waals surface area contributed by atoms with Crippen LogP contribution in [0.25, 0.3) is 0 Å². The van der Waals surface area contributed by atoms with E-state index in [4.69, 9.17) is 4.74 Å². The highest BCUT2D eigenvalue weighted by molar-refractivity contribution is 5.99. The molecule has 1 atom stereocenters. The van der Waals surface area contributed by atoms with Crippen molar-refractivity contribution >= 4 is 5.78 Å². The van der Waals surface area contributed by atoms with Crippen molar-refractivity contribution in [2.45, 2.75) is 31.9 Å². The Labute approximate surface area is 130 Å². The summed E-state index contributed by atoms with van der Waals surface area (Å²) in [7, 11) is 0. The summed E-state index contributed by atoms with van der Waals surface area (Å²) in [5.41, 5.74) is 1.28. The number of rotatable bonds is 0. The summed E-state index contributed by atoms with van der Waals surface area (Å²) in [5, 5.41) is 11.0. The van der Waals surface area contributed by atoms with Crippen LogP contribution in [0.15, 0.2) is 32.9 Å². The van der Waals surface area contributed by atoms with Crippen LogP contribution in [0.1, 0.15) is 25.7 Å². The number of ether oxygens (including phenoxy) is 1. The van der Waals surface area contributed by atoms with Crippen LogP contribution in [0.5, 0.6) is 0 Å². The van der Waals surface area contributed by atoms with E-state index in [1.807, 2.05) is 0 Å². The third-order valence-electron chi connectivity index (χ3n) is 5.28. The van der Waals surface area contributed by atoms with Gasteiger partial charge in [-0.2, -0.15) is 18.3 Å². The molecule has 0 aromatic carbocycles. The predicted octanol–water partition coefficient (Wildman–Crippen LogP) is 2.86. The summed E-state index contributed by atoms with van der Waals surface area (Å²) < 4.78 is 44.7. The molecule has 1 saturated heterocycles. The molecule has 3 aliphatic heterocycles. The molecule has 8 heteroatoms. The lowest BCUT2D eigenvalue weighted by Crippen LogP contribution is -2.46. The van der Waals surface area contributed by atoms with Crippen LogP contribution in [0.2, 0.25) is 0 Å². The normalized spacial score (nSPS) is 29.7. The van der Waals surface area contributed by atoms with Crippen LogP contribution >= 0.6 is 0 Å². The Morgan fingerprint density at radius 3 is 2.65 bits per heavy atom. The molecule has 1 spiro atoms. The molecule has 4 aliphatic rings. The molecule has 1 fully saturated rings. The molecule has 0 radical (unpaired) electrons. The maximum absolute atomic E-state index is 13.1. The van der Waals surface area contributed by atoms with E-state index in [9.17, 15) is 18.0 Å². The average molecular weight is 327 g/mol. The van der Waals surface area contributed by atoms with E-state index >= 15 is 0 Å². The number of azo groups is 1. The predicted molar refractivity (Wildman–Crippen MR) is 73.2 cm³/mol. The lowest BCUT2D eigenvalue weighted by molar-refractivity contribution is -0.179. The Bertz CT molecular complexity index is 657. The monoisotopic (exact) mass is 327 g/mol. The molecule has 124 valence electrons. The fourth-order valence-corrected chi connectivity index (χ4v) is 4.17. The summed E-state index contributed by atoms with van der Waals surface area (Å²) in [4.78, 5) is 12.6. The molecule has 1 N–H and O–H groups in total. The van der Waals surface area contributed by atoms with E-state index in [1.54, 1.807) is 0 Å². The number of halogens is 3. The number of ketones is 1. The highest BCUT2D eigenvalue weighted by Crippen LogP contribution is 2.54. The lowest BCUT2D eigenvalue weighted by Gasteiger charge is -2.45. The zero-order valence-corrected chi connectivity index (χ0v) is 12.4. The first-order valence-electron chi connectivity index (χ1n) is 7.71. The number of dihydropyridines is 1. The van der Waals surface area contributed by atoms with Crippen LogP contribution in [0.3, 0.4) is 0 Å². The molecule has 1 aliphatic carbocycles. The van der Waals surface area contributed by atoms with Crippen molar-refractivity contribution in [3.05, 3.63) is 22.7 Å². The number of hydrogen-bond acceptors (Lipinski definition) is 5. The quantitative estimate of drug-likeness (QED) is 0.744. The number of carbonyl (C=O) groups is 1. The molecular formula is C15H16F3N3O2. The fourth-order valence-electron chi connectivity index (χ4n) is 4.17. The number of alkyl halides is 3. The Hall–Kier alpha value is -1.70. The lowest BCUT2D eigenvalue weighted by atomic mass is 9.62. The van der Waals surface area contributed by atoms with Crippen molar-refractivity contribution in [1.82, 2.24) is 5.32 Å². The van der Waals surface area contributed by atoms with Crippen molar-refractivity contribution in [2.75, 3.05) is 19.8 Å². The number of nitrogens with one attached hydrogen (secondary N) is 1. The van der Waals surface area contributed by atoms with Gasteiger partial charge >= 0.3 is 6.18 Å². The van der Waals surface area contributed by atoms with Gasteiger partial charge in [-0.1, -0.05) is 0 Å². The van der Waals surface area contributed by atoms with Crippen molar-refractivity contribution in [3.8, 4) is 0 Å². The van der Waals surface area contributed by atoms with Gasteiger partial charge in [0.2, 0.25) is 0 Å². The molecule has 0 saturated carbocycles. The summed E-state index contributed by atoms with van der Waals surface area (Å²) in [5.74, 6) is -1.50. The molecule has 4 rings (SSSR count). The SMILES string of the molecule is O=C1C[C@H](C(F)(F)F)CC2=C1C1(CCOCC1)C1=C(N=NC1)N2. The first-order chi connectivity index (χ1) is 10.9. The van der Waals surface area contributed by atoms with Gasteiger partial charge in [-0.15, -0.1) is 5.11 Å². The fraction of sp³-hybridized carbons (Fsp3) is 0.667. The van der Waals surface area contributed by atoms with Gasteiger partial charge < -0.3 is 10.1 Å². The summed E-state index contributed by atoms with van der Waals surface area (Å²) in [6.07, 6.45) is -3.84. The van der Waals surface area contributed by atoms with E-state index in [-0.39, 0.29) is 6.42 Å². The minimum absolute atomic E-state index is 0.195. The van der Waals surface area contributed by atoms with Gasteiger partial charge in [0, 0.05) is 41.9 Å². The van der Waals surface area contributed by atoms with Crippen molar-refractivity contribution in [1.29, 1.82) is 0 Å². The van der Waals surface area contributed by atoms with Crippen LogP contribution in [0.4, 0.5) is 13.2 Å². The zero-order valence-electron chi connectivity index (χ0n) is 12.4. The van der Waals surface area contributed by atoms with Gasteiger partial charge in [0.1, 0.15) is 0 Å². The number of allylic oxidation sites excluding steroid dienone is 2. The topological polar surface area (TPSA) is 63.0 Å². The Balaban J connectivity index is 1.79. The summed E-state index contributed by atoms with van der Waals surface area (Å²) in [6, 6.07) is 0. The Kier molecular flexibility index (Phi) is 3.16. The van der Waals surface area contributed by atoms with Gasteiger partial charge in [-0.05, 0) is 19.3 Å². The molecule has 3 heterocycles. The van der Waals surface area contributed by atoms with Gasteiger partial charge in [0.25, 0.3) is 0 Å². The zero-order chi connectivity index (χ0) is 16.2. The van der Waals surface area contributed by atoms with Crippen molar-refractivity contribution in [3.63, 3.8) is 0 Å². The molecule has 0 unspecified atom stereocenters. The Morgan fingerprint density at radius 1 is 1.22 bits per heavy atom. The van der Waals surface area contributed by atoms with Crippen LogP contribution < -0.4 is 5.32 Å². The smallest absolute Gasteiger partial charge is 0.381 e. The van der Waals surface area contributed by atoms with Crippen molar-refractivity contribution in [2.24, 2.45) is 21.6 Å². The summed E-state index contributed by atoms with van der Waals surface area (Å²) in [6.45, 7) is 1.38. The van der Waals surface area contributed by atoms with Gasteiger partial charge in [0.05, 0.1) is 12.5 Å². The Morgan fingerprint density at radius 2 is 1.96 bits per heavy atom.